The minimum Gasteiger partial charge on any atom is -0.495 e. The van der Waals surface area contributed by atoms with Crippen molar-refractivity contribution in [2.45, 2.75) is 13.3 Å². The molecule has 0 aromatic heterocycles. The lowest BCUT2D eigenvalue weighted by atomic mass is 10.1. The van der Waals surface area contributed by atoms with E-state index in [1.165, 1.54) is 5.56 Å². The zero-order chi connectivity index (χ0) is 12.8. The van der Waals surface area contributed by atoms with E-state index in [0.717, 1.165) is 18.5 Å². The first-order chi connectivity index (χ1) is 8.08. The third-order valence-corrected chi connectivity index (χ3v) is 3.01. The van der Waals surface area contributed by atoms with Crippen LogP contribution in [0, 0.1) is 18.3 Å². The Labute approximate surface area is 108 Å². The molecule has 0 atom stereocenters. The Kier molecular flexibility index (Phi) is 5.27. The van der Waals surface area contributed by atoms with Crippen LogP contribution < -0.4 is 4.74 Å². The van der Waals surface area contributed by atoms with Gasteiger partial charge < -0.3 is 4.74 Å². The van der Waals surface area contributed by atoms with Crippen molar-refractivity contribution in [3.8, 4) is 11.8 Å². The maximum atomic E-state index is 8.57. The van der Waals surface area contributed by atoms with Crippen LogP contribution in [0.2, 0.25) is 5.02 Å². The first kappa shape index (κ1) is 13.8. The highest BCUT2D eigenvalue weighted by Gasteiger charge is 2.07. The van der Waals surface area contributed by atoms with Gasteiger partial charge in [-0.1, -0.05) is 11.6 Å². The molecule has 0 radical (unpaired) electrons. The number of hydrogen-bond donors (Lipinski definition) is 0. The largest absolute Gasteiger partial charge is 0.495 e. The van der Waals surface area contributed by atoms with E-state index >= 15 is 0 Å². The summed E-state index contributed by atoms with van der Waals surface area (Å²) in [7, 11) is 3.55. The number of aryl methyl sites for hydroxylation is 1. The number of halogens is 1. The van der Waals surface area contributed by atoms with Crippen molar-refractivity contribution in [3.63, 3.8) is 0 Å². The summed E-state index contributed by atoms with van der Waals surface area (Å²) >= 11 is 6.09. The predicted octanol–water partition coefficient (Wildman–Crippen LogP) is 2.65. The molecule has 1 aromatic carbocycles. The number of nitriles is 1. The lowest BCUT2D eigenvalue weighted by Crippen LogP contribution is -2.21. The molecule has 0 spiro atoms. The lowest BCUT2D eigenvalue weighted by molar-refractivity contribution is 0.378. The molecule has 0 heterocycles. The summed E-state index contributed by atoms with van der Waals surface area (Å²) in [6.07, 6.45) is 0.883. The summed E-state index contributed by atoms with van der Waals surface area (Å²) in [5, 5.41) is 9.21. The second-order valence-electron chi connectivity index (χ2n) is 4.06. The minimum atomic E-state index is 0.447. The molecule has 3 nitrogen and oxygen atoms in total. The van der Waals surface area contributed by atoms with Crippen LogP contribution in [0.15, 0.2) is 12.1 Å². The van der Waals surface area contributed by atoms with Crippen LogP contribution in [0.1, 0.15) is 11.1 Å². The van der Waals surface area contributed by atoms with Crippen LogP contribution in [0.3, 0.4) is 0 Å². The van der Waals surface area contributed by atoms with E-state index in [0.29, 0.717) is 17.3 Å². The molecule has 0 fully saturated rings. The molecule has 4 heteroatoms. The maximum Gasteiger partial charge on any atom is 0.137 e. The third kappa shape index (κ3) is 3.92. The number of likely N-dealkylation sites (N-methyl/N-ethyl adjacent to an activating group) is 1. The lowest BCUT2D eigenvalue weighted by Gasteiger charge is -2.14. The molecule has 0 saturated carbocycles. The normalized spacial score (nSPS) is 10.4. The number of ether oxygens (including phenoxy) is 1. The molecule has 1 aromatic rings. The molecule has 0 saturated heterocycles. The van der Waals surface area contributed by atoms with Gasteiger partial charge >= 0.3 is 0 Å². The Balaban J connectivity index is 2.72. The van der Waals surface area contributed by atoms with Gasteiger partial charge in [0.2, 0.25) is 0 Å². The predicted molar refractivity (Wildman–Crippen MR) is 69.6 cm³/mol. The van der Waals surface area contributed by atoms with Gasteiger partial charge in [-0.2, -0.15) is 5.26 Å². The van der Waals surface area contributed by atoms with E-state index in [4.69, 9.17) is 21.6 Å². The van der Waals surface area contributed by atoms with E-state index in [2.05, 4.69) is 6.07 Å². The van der Waals surface area contributed by atoms with E-state index in [9.17, 15) is 0 Å². The van der Waals surface area contributed by atoms with Gasteiger partial charge in [0.15, 0.2) is 0 Å². The van der Waals surface area contributed by atoms with Crippen molar-refractivity contribution in [2.75, 3.05) is 27.2 Å². The number of hydrogen-bond acceptors (Lipinski definition) is 3. The van der Waals surface area contributed by atoms with Crippen molar-refractivity contribution < 1.29 is 4.74 Å². The Morgan fingerprint density at radius 1 is 1.47 bits per heavy atom. The van der Waals surface area contributed by atoms with E-state index in [1.807, 2.05) is 31.0 Å². The molecule has 0 unspecified atom stereocenters. The van der Waals surface area contributed by atoms with E-state index in [1.54, 1.807) is 7.11 Å². The average molecular weight is 253 g/mol. The molecular weight excluding hydrogens is 236 g/mol. The molecule has 0 aliphatic carbocycles. The van der Waals surface area contributed by atoms with E-state index < -0.39 is 0 Å². The third-order valence-electron chi connectivity index (χ3n) is 2.71. The highest BCUT2D eigenvalue weighted by molar-refractivity contribution is 6.32. The van der Waals surface area contributed by atoms with Gasteiger partial charge in [-0.3, -0.25) is 4.90 Å². The fraction of sp³-hybridized carbons (Fsp3) is 0.462. The number of benzene rings is 1. The Bertz CT molecular complexity index is 426. The summed E-state index contributed by atoms with van der Waals surface area (Å²) in [4.78, 5) is 1.98. The minimum absolute atomic E-state index is 0.447. The van der Waals surface area contributed by atoms with Crippen molar-refractivity contribution >= 4 is 11.6 Å². The van der Waals surface area contributed by atoms with Gasteiger partial charge in [-0.15, -0.1) is 0 Å². The number of nitrogens with zero attached hydrogens (tertiary/aromatic N) is 2. The van der Waals surface area contributed by atoms with Crippen molar-refractivity contribution in [3.05, 3.63) is 28.3 Å². The maximum absolute atomic E-state index is 8.57. The SMILES string of the molecule is COc1cc(C)c(CCN(C)CC#N)cc1Cl. The molecule has 0 amide bonds. The first-order valence-corrected chi connectivity index (χ1v) is 5.84. The van der Waals surface area contributed by atoms with Crippen LogP contribution in [0.4, 0.5) is 0 Å². The highest BCUT2D eigenvalue weighted by Crippen LogP contribution is 2.28. The van der Waals surface area contributed by atoms with Gasteiger partial charge in [-0.25, -0.2) is 0 Å². The average Bonchev–Trinajstić information content (AvgIpc) is 2.30. The summed E-state index contributed by atoms with van der Waals surface area (Å²) in [6, 6.07) is 6.01. The summed E-state index contributed by atoms with van der Waals surface area (Å²) in [5.74, 6) is 0.707. The topological polar surface area (TPSA) is 36.3 Å². The van der Waals surface area contributed by atoms with Crippen molar-refractivity contribution in [2.24, 2.45) is 0 Å². The monoisotopic (exact) mass is 252 g/mol. The van der Waals surface area contributed by atoms with Crippen LogP contribution >= 0.6 is 11.6 Å². The summed E-state index contributed by atoms with van der Waals surface area (Å²) in [5.41, 5.74) is 2.36. The second-order valence-corrected chi connectivity index (χ2v) is 4.47. The molecule has 0 aliphatic heterocycles. The Hall–Kier alpha value is -1.24. The van der Waals surface area contributed by atoms with Crippen molar-refractivity contribution in [1.82, 2.24) is 4.90 Å². The quantitative estimate of drug-likeness (QED) is 0.756. The molecular formula is C13H17ClN2O. The fourth-order valence-electron chi connectivity index (χ4n) is 1.63. The zero-order valence-corrected chi connectivity index (χ0v) is 11.2. The standard InChI is InChI=1S/C13H17ClN2O/c1-10-8-13(17-3)12(14)9-11(10)4-6-16(2)7-5-15/h8-9H,4,6-7H2,1-3H3. The number of methoxy groups -OCH3 is 1. The van der Waals surface area contributed by atoms with Gasteiger partial charge in [-0.05, 0) is 43.7 Å². The summed E-state index contributed by atoms with van der Waals surface area (Å²) < 4.78 is 5.16. The first-order valence-electron chi connectivity index (χ1n) is 5.47. The second kappa shape index (κ2) is 6.48. The van der Waals surface area contributed by atoms with Gasteiger partial charge in [0, 0.05) is 6.54 Å². The molecule has 1 rings (SSSR count). The van der Waals surface area contributed by atoms with Crippen LogP contribution in [0.5, 0.6) is 5.75 Å². The van der Waals surface area contributed by atoms with Crippen LogP contribution in [-0.2, 0) is 6.42 Å². The molecule has 0 bridgehead atoms. The molecule has 17 heavy (non-hydrogen) atoms. The highest BCUT2D eigenvalue weighted by atomic mass is 35.5. The molecule has 92 valence electrons. The fourth-order valence-corrected chi connectivity index (χ4v) is 1.90. The van der Waals surface area contributed by atoms with E-state index in [-0.39, 0.29) is 0 Å². The Morgan fingerprint density at radius 3 is 2.76 bits per heavy atom. The van der Waals surface area contributed by atoms with Crippen molar-refractivity contribution in [1.29, 1.82) is 5.26 Å². The van der Waals surface area contributed by atoms with Crippen LogP contribution in [-0.4, -0.2) is 32.1 Å². The molecule has 0 N–H and O–H groups in total. The number of rotatable bonds is 5. The Morgan fingerprint density at radius 2 is 2.18 bits per heavy atom. The molecule has 0 aliphatic rings. The van der Waals surface area contributed by atoms with Gasteiger partial charge in [0.1, 0.15) is 5.75 Å². The summed E-state index contributed by atoms with van der Waals surface area (Å²) in [6.45, 7) is 3.33. The van der Waals surface area contributed by atoms with Gasteiger partial charge in [0.25, 0.3) is 0 Å². The van der Waals surface area contributed by atoms with Crippen LogP contribution in [0.25, 0.3) is 0 Å². The zero-order valence-electron chi connectivity index (χ0n) is 10.5. The van der Waals surface area contributed by atoms with Gasteiger partial charge in [0.05, 0.1) is 24.7 Å². The smallest absolute Gasteiger partial charge is 0.137 e.